The number of hydrogen-bond acceptors (Lipinski definition) is 4. The molecule has 5 nitrogen and oxygen atoms in total. The van der Waals surface area contributed by atoms with Crippen LogP contribution in [0, 0.1) is 5.92 Å². The lowest BCUT2D eigenvalue weighted by Gasteiger charge is -2.37. The predicted octanol–water partition coefficient (Wildman–Crippen LogP) is 0.954. The lowest BCUT2D eigenvalue weighted by atomic mass is 9.91. The molecule has 6 heteroatoms. The molecule has 90 valence electrons. The van der Waals surface area contributed by atoms with E-state index in [2.05, 4.69) is 36.1 Å². The molecule has 2 saturated heterocycles. The van der Waals surface area contributed by atoms with E-state index < -0.39 is 0 Å². The molecule has 2 fully saturated rings. The van der Waals surface area contributed by atoms with Crippen molar-refractivity contribution >= 4 is 27.7 Å². The minimum absolute atomic E-state index is 0.116. The molecule has 0 radical (unpaired) electrons. The maximum Gasteiger partial charge on any atom is 0.225 e. The number of piperidine rings is 1. The van der Waals surface area contributed by atoms with Gasteiger partial charge in [-0.2, -0.15) is 0 Å². The highest BCUT2D eigenvalue weighted by molar-refractivity contribution is 9.10. The Hall–Kier alpha value is -1.17. The Bertz CT molecular complexity index is 453. The van der Waals surface area contributed by atoms with Crippen molar-refractivity contribution < 1.29 is 4.79 Å². The Morgan fingerprint density at radius 2 is 2.41 bits per heavy atom. The normalized spacial score (nSPS) is 27.8. The zero-order valence-electron chi connectivity index (χ0n) is 9.27. The Kier molecular flexibility index (Phi) is 2.74. The van der Waals surface area contributed by atoms with Gasteiger partial charge in [0.2, 0.25) is 5.91 Å². The van der Waals surface area contributed by atoms with Gasteiger partial charge in [0, 0.05) is 19.3 Å². The van der Waals surface area contributed by atoms with Crippen LogP contribution >= 0.6 is 15.9 Å². The summed E-state index contributed by atoms with van der Waals surface area (Å²) in [5.41, 5.74) is 0. The van der Waals surface area contributed by atoms with Gasteiger partial charge in [-0.05, 0) is 28.8 Å². The lowest BCUT2D eigenvalue weighted by molar-refractivity contribution is -0.122. The Morgan fingerprint density at radius 3 is 3.24 bits per heavy atom. The summed E-state index contributed by atoms with van der Waals surface area (Å²) in [6, 6.07) is 0.238. The van der Waals surface area contributed by atoms with Gasteiger partial charge in [-0.15, -0.1) is 0 Å². The SMILES string of the molecule is O=C1NC[C@@H]2[C@H]1CCCN2c1ncncc1Br. The fraction of sp³-hybridized carbons (Fsp3) is 0.545. The van der Waals surface area contributed by atoms with E-state index in [1.807, 2.05) is 0 Å². The Labute approximate surface area is 108 Å². The summed E-state index contributed by atoms with van der Waals surface area (Å²) in [7, 11) is 0. The van der Waals surface area contributed by atoms with Crippen LogP contribution in [0.25, 0.3) is 0 Å². The number of nitrogens with one attached hydrogen (secondary N) is 1. The first-order valence-corrected chi connectivity index (χ1v) is 6.56. The van der Waals surface area contributed by atoms with Crippen molar-refractivity contribution in [2.24, 2.45) is 5.92 Å². The second-order valence-electron chi connectivity index (χ2n) is 4.45. The number of carbonyl (C=O) groups excluding carboxylic acids is 1. The molecular weight excluding hydrogens is 284 g/mol. The van der Waals surface area contributed by atoms with E-state index in [9.17, 15) is 4.79 Å². The van der Waals surface area contributed by atoms with E-state index in [0.29, 0.717) is 0 Å². The van der Waals surface area contributed by atoms with Crippen LogP contribution < -0.4 is 10.2 Å². The largest absolute Gasteiger partial charge is 0.354 e. The van der Waals surface area contributed by atoms with Crippen molar-refractivity contribution in [2.45, 2.75) is 18.9 Å². The summed E-state index contributed by atoms with van der Waals surface area (Å²) >= 11 is 3.47. The maximum absolute atomic E-state index is 11.7. The highest BCUT2D eigenvalue weighted by atomic mass is 79.9. The molecule has 3 rings (SSSR count). The molecule has 0 bridgehead atoms. The highest BCUT2D eigenvalue weighted by Crippen LogP contribution is 2.33. The molecule has 0 unspecified atom stereocenters. The molecule has 3 heterocycles. The molecule has 1 amide bonds. The number of halogens is 1. The summed E-state index contributed by atoms with van der Waals surface area (Å²) in [6.07, 6.45) is 5.31. The molecule has 1 N–H and O–H groups in total. The third kappa shape index (κ3) is 1.80. The summed E-state index contributed by atoms with van der Waals surface area (Å²) in [5, 5.41) is 2.94. The summed E-state index contributed by atoms with van der Waals surface area (Å²) in [6.45, 7) is 1.67. The van der Waals surface area contributed by atoms with Gasteiger partial charge in [-0.25, -0.2) is 9.97 Å². The molecule has 0 spiro atoms. The molecule has 0 saturated carbocycles. The van der Waals surface area contributed by atoms with Crippen LogP contribution in [0.15, 0.2) is 17.0 Å². The van der Waals surface area contributed by atoms with Crippen LogP contribution in [-0.2, 0) is 4.79 Å². The number of amides is 1. The smallest absolute Gasteiger partial charge is 0.225 e. The third-order valence-electron chi connectivity index (χ3n) is 3.52. The summed E-state index contributed by atoms with van der Waals surface area (Å²) in [5.74, 6) is 1.20. The number of aromatic nitrogens is 2. The van der Waals surface area contributed by atoms with Gasteiger partial charge in [0.1, 0.15) is 12.1 Å². The van der Waals surface area contributed by atoms with Gasteiger partial charge < -0.3 is 10.2 Å². The first-order chi connectivity index (χ1) is 8.27. The predicted molar refractivity (Wildman–Crippen MR) is 66.6 cm³/mol. The minimum Gasteiger partial charge on any atom is -0.354 e. The quantitative estimate of drug-likeness (QED) is 0.838. The minimum atomic E-state index is 0.116. The van der Waals surface area contributed by atoms with Gasteiger partial charge in [-0.3, -0.25) is 4.79 Å². The van der Waals surface area contributed by atoms with Gasteiger partial charge in [0.25, 0.3) is 0 Å². The van der Waals surface area contributed by atoms with Crippen LogP contribution in [0.5, 0.6) is 0 Å². The number of rotatable bonds is 1. The second kappa shape index (κ2) is 4.25. The number of anilines is 1. The van der Waals surface area contributed by atoms with E-state index in [1.165, 1.54) is 0 Å². The van der Waals surface area contributed by atoms with E-state index in [0.717, 1.165) is 36.2 Å². The monoisotopic (exact) mass is 296 g/mol. The Balaban J connectivity index is 1.93. The first-order valence-electron chi connectivity index (χ1n) is 5.77. The van der Waals surface area contributed by atoms with Crippen molar-refractivity contribution in [1.29, 1.82) is 0 Å². The number of nitrogens with zero attached hydrogens (tertiary/aromatic N) is 3. The van der Waals surface area contributed by atoms with Gasteiger partial charge in [0.15, 0.2) is 0 Å². The average molecular weight is 297 g/mol. The van der Waals surface area contributed by atoms with E-state index in [-0.39, 0.29) is 17.9 Å². The molecule has 17 heavy (non-hydrogen) atoms. The van der Waals surface area contributed by atoms with E-state index in [1.54, 1.807) is 12.5 Å². The number of fused-ring (bicyclic) bond motifs is 1. The van der Waals surface area contributed by atoms with Crippen LogP contribution in [0.1, 0.15) is 12.8 Å². The molecule has 1 aromatic rings. The van der Waals surface area contributed by atoms with Crippen molar-refractivity contribution in [3.63, 3.8) is 0 Å². The van der Waals surface area contributed by atoms with Crippen LogP contribution in [-0.4, -0.2) is 35.0 Å². The fourth-order valence-corrected chi connectivity index (χ4v) is 3.18. The number of hydrogen-bond donors (Lipinski definition) is 1. The van der Waals surface area contributed by atoms with Crippen LogP contribution in [0.3, 0.4) is 0 Å². The molecule has 2 aliphatic heterocycles. The molecule has 0 aliphatic carbocycles. The van der Waals surface area contributed by atoms with Crippen molar-refractivity contribution in [3.05, 3.63) is 17.0 Å². The molecule has 1 aromatic heterocycles. The standard InChI is InChI=1S/C11H13BrN4O/c12-8-4-13-6-15-10(8)16-3-1-2-7-9(16)5-14-11(7)17/h4,6-7,9H,1-3,5H2,(H,14,17)/t7-,9-/m1/s1. The van der Waals surface area contributed by atoms with Crippen molar-refractivity contribution in [1.82, 2.24) is 15.3 Å². The summed E-state index contributed by atoms with van der Waals surface area (Å²) in [4.78, 5) is 22.2. The third-order valence-corrected chi connectivity index (χ3v) is 4.08. The van der Waals surface area contributed by atoms with Crippen LogP contribution in [0.4, 0.5) is 5.82 Å². The topological polar surface area (TPSA) is 58.1 Å². The molecule has 0 aromatic carbocycles. The number of carbonyl (C=O) groups is 1. The fourth-order valence-electron chi connectivity index (χ4n) is 2.73. The second-order valence-corrected chi connectivity index (χ2v) is 5.30. The Morgan fingerprint density at radius 1 is 1.53 bits per heavy atom. The molecule has 2 aliphatic rings. The van der Waals surface area contributed by atoms with Crippen molar-refractivity contribution in [2.75, 3.05) is 18.0 Å². The lowest BCUT2D eigenvalue weighted by Crippen LogP contribution is -2.46. The zero-order valence-corrected chi connectivity index (χ0v) is 10.9. The first kappa shape index (κ1) is 11.0. The zero-order chi connectivity index (χ0) is 11.8. The van der Waals surface area contributed by atoms with Gasteiger partial charge in [0.05, 0.1) is 16.4 Å². The average Bonchev–Trinajstić information content (AvgIpc) is 2.72. The van der Waals surface area contributed by atoms with Gasteiger partial charge >= 0.3 is 0 Å². The van der Waals surface area contributed by atoms with Crippen LogP contribution in [0.2, 0.25) is 0 Å². The van der Waals surface area contributed by atoms with Crippen molar-refractivity contribution in [3.8, 4) is 0 Å². The van der Waals surface area contributed by atoms with E-state index in [4.69, 9.17) is 0 Å². The highest BCUT2D eigenvalue weighted by Gasteiger charge is 2.41. The molecular formula is C11H13BrN4O. The summed E-state index contributed by atoms with van der Waals surface area (Å²) < 4.78 is 0.889. The van der Waals surface area contributed by atoms with Gasteiger partial charge in [-0.1, -0.05) is 0 Å². The maximum atomic E-state index is 11.7. The van der Waals surface area contributed by atoms with E-state index >= 15 is 0 Å². The molecule has 2 atom stereocenters.